The van der Waals surface area contributed by atoms with E-state index in [1.807, 2.05) is 113 Å². The Morgan fingerprint density at radius 3 is 0.882 bits per heavy atom. The summed E-state index contributed by atoms with van der Waals surface area (Å²) in [6.45, 7) is 15.7. The Bertz CT molecular complexity index is 869. The van der Waals surface area contributed by atoms with Gasteiger partial charge in [0.15, 0.2) is 0 Å². The first-order valence-corrected chi connectivity index (χ1v) is 28.1. The maximum Gasteiger partial charge on any atom is 0.460 e. The minimum atomic E-state index is -3.43. The molecule has 14 heteroatoms. The third-order valence-corrected chi connectivity index (χ3v) is 30.8. The molecule has 0 saturated carbocycles. The van der Waals surface area contributed by atoms with Gasteiger partial charge in [0.25, 0.3) is 0 Å². The van der Waals surface area contributed by atoms with Crippen LogP contribution in [0.15, 0.2) is 60.7 Å². The van der Waals surface area contributed by atoms with Crippen molar-refractivity contribution in [3.05, 3.63) is 60.7 Å². The van der Waals surface area contributed by atoms with Gasteiger partial charge in [-0.25, -0.2) is 0 Å². The van der Waals surface area contributed by atoms with Gasteiger partial charge in [-0.2, -0.15) is 0 Å². The average Bonchev–Trinajstić information content (AvgIpc) is 2.64. The van der Waals surface area contributed by atoms with E-state index in [9.17, 15) is 0 Å². The summed E-state index contributed by atoms with van der Waals surface area (Å²) in [5.41, 5.74) is 0. The van der Waals surface area contributed by atoms with E-state index in [-0.39, 0.29) is 0 Å². The maximum atomic E-state index is 7.24. The van der Waals surface area contributed by atoms with E-state index < -0.39 is 50.0 Å². The first-order valence-electron chi connectivity index (χ1n) is 11.1. The largest absolute Gasteiger partial charge is 0.460 e. The molecule has 0 aliphatic carbocycles. The van der Waals surface area contributed by atoms with Crippen LogP contribution in [0.4, 0.5) is 0 Å². The van der Waals surface area contributed by atoms with Gasteiger partial charge in [0.05, 0.1) is 0 Å². The fraction of sp³-hybridized carbons (Fsp3) is 0.400. The van der Waals surface area contributed by atoms with Gasteiger partial charge in [-0.05, 0) is 52.4 Å². The van der Waals surface area contributed by atoms with Crippen LogP contribution in [0.5, 0.6) is 0 Å². The molecule has 0 radical (unpaired) electrons. The molecule has 1 aliphatic heterocycles. The van der Waals surface area contributed by atoms with Crippen LogP contribution in [-0.2, 0) is 24.7 Å². The lowest BCUT2D eigenvalue weighted by molar-refractivity contribution is 0.254. The molecule has 1 heterocycles. The van der Waals surface area contributed by atoms with Gasteiger partial charge < -0.3 is 24.7 Å². The SMILES string of the molecule is C[Si]1(C)O[Si](C)(C)O[Si](Cl)(c2ccccc2)O[Si](C)(C)O[Si](C)(C)O[Si](Cl)(c2ccccc2)O1. The molecular formula is C20H34Cl2O6Si6. The fourth-order valence-corrected chi connectivity index (χ4v) is 37.4. The maximum absolute atomic E-state index is 7.24. The lowest BCUT2D eigenvalue weighted by atomic mass is 10.4. The van der Waals surface area contributed by atoms with Crippen molar-refractivity contribution in [2.75, 3.05) is 0 Å². The van der Waals surface area contributed by atoms with Crippen LogP contribution < -0.4 is 10.4 Å². The smallest absolute Gasteiger partial charge is 0.416 e. The molecule has 0 unspecified atom stereocenters. The van der Waals surface area contributed by atoms with Crippen molar-refractivity contribution in [3.8, 4) is 0 Å². The van der Waals surface area contributed by atoms with E-state index in [1.165, 1.54) is 0 Å². The van der Waals surface area contributed by atoms with Crippen molar-refractivity contribution in [2.45, 2.75) is 52.4 Å². The highest BCUT2D eigenvalue weighted by atomic mass is 35.6. The van der Waals surface area contributed by atoms with Crippen LogP contribution in [0.3, 0.4) is 0 Å². The van der Waals surface area contributed by atoms with Crippen molar-refractivity contribution in [3.63, 3.8) is 0 Å². The molecule has 0 atom stereocenters. The van der Waals surface area contributed by atoms with E-state index in [1.54, 1.807) is 0 Å². The third kappa shape index (κ3) is 7.55. The summed E-state index contributed by atoms with van der Waals surface area (Å²) in [4.78, 5) is 0. The van der Waals surface area contributed by atoms with Gasteiger partial charge >= 0.3 is 50.0 Å². The summed E-state index contributed by atoms with van der Waals surface area (Å²) in [5.74, 6) is 0. The zero-order valence-electron chi connectivity index (χ0n) is 21.0. The number of hydrogen-bond acceptors (Lipinski definition) is 6. The van der Waals surface area contributed by atoms with Gasteiger partial charge in [0.1, 0.15) is 0 Å². The minimum Gasteiger partial charge on any atom is -0.416 e. The zero-order valence-corrected chi connectivity index (χ0v) is 28.5. The molecule has 2 aromatic carbocycles. The molecule has 0 N–H and O–H groups in total. The first-order chi connectivity index (χ1) is 15.5. The van der Waals surface area contributed by atoms with E-state index in [2.05, 4.69) is 0 Å². The van der Waals surface area contributed by atoms with Crippen LogP contribution in [0.25, 0.3) is 0 Å². The lowest BCUT2D eigenvalue weighted by Gasteiger charge is -2.46. The molecule has 6 nitrogen and oxygen atoms in total. The van der Waals surface area contributed by atoms with E-state index in [0.717, 1.165) is 10.4 Å². The van der Waals surface area contributed by atoms with Gasteiger partial charge in [0, 0.05) is 10.4 Å². The van der Waals surface area contributed by atoms with Crippen LogP contribution in [0, 0.1) is 0 Å². The summed E-state index contributed by atoms with van der Waals surface area (Å²) < 4.78 is 39.9. The van der Waals surface area contributed by atoms with Crippen molar-refractivity contribution >= 4 is 82.5 Å². The van der Waals surface area contributed by atoms with E-state index in [4.69, 9.17) is 46.8 Å². The Balaban J connectivity index is 2.10. The van der Waals surface area contributed by atoms with Gasteiger partial charge in [-0.3, -0.25) is 0 Å². The molecule has 0 aromatic heterocycles. The van der Waals surface area contributed by atoms with Crippen LogP contribution >= 0.6 is 22.2 Å². The first kappa shape index (κ1) is 28.6. The molecule has 34 heavy (non-hydrogen) atoms. The Hall–Kier alpha value is 0.0813. The Morgan fingerprint density at radius 1 is 0.412 bits per heavy atom. The molecule has 1 saturated heterocycles. The molecule has 188 valence electrons. The molecule has 1 fully saturated rings. The molecular weight excluding hydrogens is 576 g/mol. The molecule has 1 aliphatic rings. The Morgan fingerprint density at radius 2 is 0.647 bits per heavy atom. The van der Waals surface area contributed by atoms with Crippen LogP contribution in [-0.4, -0.2) is 50.0 Å². The van der Waals surface area contributed by atoms with Crippen LogP contribution in [0.1, 0.15) is 0 Å². The predicted molar refractivity (Wildman–Crippen MR) is 152 cm³/mol. The normalized spacial score (nSPS) is 31.1. The highest BCUT2D eigenvalue weighted by molar-refractivity contribution is 7.25. The van der Waals surface area contributed by atoms with Gasteiger partial charge in [0.2, 0.25) is 0 Å². The summed E-state index contributed by atoms with van der Waals surface area (Å²) >= 11 is 14.5. The molecule has 3 rings (SSSR count). The second-order valence-electron chi connectivity index (χ2n) is 10.0. The lowest BCUT2D eigenvalue weighted by Crippen LogP contribution is -2.68. The minimum absolute atomic E-state index is 0.813. The second-order valence-corrected chi connectivity index (χ2v) is 32.4. The Labute approximate surface area is 219 Å². The highest BCUT2D eigenvalue weighted by Crippen LogP contribution is 2.33. The predicted octanol–water partition coefficient (Wildman–Crippen LogP) is 5.08. The van der Waals surface area contributed by atoms with Gasteiger partial charge in [-0.15, -0.1) is 0 Å². The summed E-state index contributed by atoms with van der Waals surface area (Å²) in [7, 11) is -18.3. The van der Waals surface area contributed by atoms with Gasteiger partial charge in [-0.1, -0.05) is 82.8 Å². The molecule has 0 spiro atoms. The summed E-state index contributed by atoms with van der Waals surface area (Å²) in [6.07, 6.45) is 0. The van der Waals surface area contributed by atoms with Crippen molar-refractivity contribution in [1.82, 2.24) is 0 Å². The standard InChI is InChI=1S/C20H34Cl2O6Si6/c1-29(2)23-30(3,4)26-34(22,20-17-13-10-14-18-20)28-32(7,8)24-31(5,6)27-33(21,25-29)19-15-11-9-12-16-19/h9-18H,1-8H3. The molecule has 2 aromatic rings. The van der Waals surface area contributed by atoms with Crippen molar-refractivity contribution in [1.29, 1.82) is 0 Å². The third-order valence-electron chi connectivity index (χ3n) is 4.73. The second kappa shape index (κ2) is 10.1. The fourth-order valence-electron chi connectivity index (χ4n) is 4.08. The number of rotatable bonds is 2. The highest BCUT2D eigenvalue weighted by Gasteiger charge is 2.57. The summed E-state index contributed by atoms with van der Waals surface area (Å²) in [5, 5.41) is 1.63. The number of hydrogen-bond donors (Lipinski definition) is 0. The molecule has 0 amide bonds. The number of halogens is 2. The zero-order chi connectivity index (χ0) is 25.5. The Kier molecular flexibility index (Phi) is 8.50. The van der Waals surface area contributed by atoms with E-state index in [0.29, 0.717) is 0 Å². The summed E-state index contributed by atoms with van der Waals surface area (Å²) in [6, 6.07) is 19.3. The van der Waals surface area contributed by atoms with Crippen molar-refractivity contribution < 1.29 is 24.7 Å². The average molecular weight is 610 g/mol. The topological polar surface area (TPSA) is 55.4 Å². The molecule has 0 bridgehead atoms. The van der Waals surface area contributed by atoms with Crippen LogP contribution in [0.2, 0.25) is 52.4 Å². The quantitative estimate of drug-likeness (QED) is 0.350. The monoisotopic (exact) mass is 608 g/mol. The number of benzene rings is 2. The van der Waals surface area contributed by atoms with Crippen molar-refractivity contribution in [2.24, 2.45) is 0 Å². The van der Waals surface area contributed by atoms with E-state index >= 15 is 0 Å².